The van der Waals surface area contributed by atoms with Crippen molar-refractivity contribution in [3.8, 4) is 11.5 Å². The molecule has 0 aliphatic heterocycles. The summed E-state index contributed by atoms with van der Waals surface area (Å²) in [6.45, 7) is 0.383. The topological polar surface area (TPSA) is 60.2 Å². The third-order valence-corrected chi connectivity index (χ3v) is 2.63. The van der Waals surface area contributed by atoms with Crippen LogP contribution >= 0.6 is 15.9 Å². The fourth-order valence-electron chi connectivity index (χ4n) is 1.20. The summed E-state index contributed by atoms with van der Waals surface area (Å²) in [5, 5.41) is 7.85. The van der Waals surface area contributed by atoms with E-state index in [0.717, 1.165) is 10.0 Å². The molecule has 0 saturated heterocycles. The lowest BCUT2D eigenvalue weighted by molar-refractivity contribution is 0.0807. The van der Waals surface area contributed by atoms with Gasteiger partial charge in [-0.3, -0.25) is 0 Å². The van der Waals surface area contributed by atoms with Gasteiger partial charge in [-0.15, -0.1) is 10.2 Å². The van der Waals surface area contributed by atoms with E-state index in [2.05, 4.69) is 31.6 Å². The molecule has 0 bridgehead atoms. The van der Waals surface area contributed by atoms with Crippen LogP contribution in [0.2, 0.25) is 0 Å². The summed E-state index contributed by atoms with van der Waals surface area (Å²) >= 11 is 3.43. The number of nitrogens with one attached hydrogen (secondary N) is 1. The standard InChI is InChI=1S/C10H10BrN3O2/c1-15-12-6-9-13-14-10(16-9)7-4-2-3-5-8(7)11/h2-5,12H,6H2,1H3. The van der Waals surface area contributed by atoms with Crippen LogP contribution in [0.4, 0.5) is 0 Å². The lowest BCUT2D eigenvalue weighted by atomic mass is 10.2. The van der Waals surface area contributed by atoms with Gasteiger partial charge in [0.1, 0.15) is 0 Å². The van der Waals surface area contributed by atoms with E-state index < -0.39 is 0 Å². The van der Waals surface area contributed by atoms with Crippen LogP contribution in [0.25, 0.3) is 11.5 Å². The van der Waals surface area contributed by atoms with Crippen molar-refractivity contribution in [1.29, 1.82) is 0 Å². The van der Waals surface area contributed by atoms with Crippen LogP contribution in [0.1, 0.15) is 5.89 Å². The molecule has 0 spiro atoms. The molecule has 0 aliphatic carbocycles. The number of hydroxylamine groups is 1. The zero-order valence-electron chi connectivity index (χ0n) is 8.61. The number of benzene rings is 1. The second-order valence-corrected chi connectivity index (χ2v) is 3.86. The normalized spacial score (nSPS) is 10.6. The Morgan fingerprint density at radius 1 is 1.38 bits per heavy atom. The smallest absolute Gasteiger partial charge is 0.248 e. The number of nitrogens with zero attached hydrogens (tertiary/aromatic N) is 2. The van der Waals surface area contributed by atoms with Crippen molar-refractivity contribution >= 4 is 15.9 Å². The summed E-state index contributed by atoms with van der Waals surface area (Å²) in [6.07, 6.45) is 0. The molecule has 0 saturated carbocycles. The molecule has 1 aromatic carbocycles. The predicted molar refractivity (Wildman–Crippen MR) is 61.3 cm³/mol. The van der Waals surface area contributed by atoms with Gasteiger partial charge in [-0.2, -0.15) is 5.48 Å². The average molecular weight is 284 g/mol. The van der Waals surface area contributed by atoms with E-state index in [0.29, 0.717) is 18.3 Å². The van der Waals surface area contributed by atoms with Gasteiger partial charge < -0.3 is 9.25 Å². The highest BCUT2D eigenvalue weighted by atomic mass is 79.9. The fraction of sp³-hybridized carbons (Fsp3) is 0.200. The van der Waals surface area contributed by atoms with Crippen molar-refractivity contribution in [1.82, 2.24) is 15.7 Å². The van der Waals surface area contributed by atoms with Crippen LogP contribution in [-0.4, -0.2) is 17.3 Å². The number of hydrogen-bond acceptors (Lipinski definition) is 5. The second kappa shape index (κ2) is 5.20. The van der Waals surface area contributed by atoms with Gasteiger partial charge in [-0.1, -0.05) is 12.1 Å². The maximum absolute atomic E-state index is 5.46. The van der Waals surface area contributed by atoms with Gasteiger partial charge in [0.2, 0.25) is 11.8 Å². The van der Waals surface area contributed by atoms with Crippen LogP contribution in [0.15, 0.2) is 33.2 Å². The molecule has 0 atom stereocenters. The van der Waals surface area contributed by atoms with E-state index in [1.807, 2.05) is 24.3 Å². The summed E-state index contributed by atoms with van der Waals surface area (Å²) in [5.74, 6) is 0.966. The molecule has 2 rings (SSSR count). The van der Waals surface area contributed by atoms with Crippen molar-refractivity contribution in [3.63, 3.8) is 0 Å². The van der Waals surface area contributed by atoms with Gasteiger partial charge >= 0.3 is 0 Å². The van der Waals surface area contributed by atoms with Crippen molar-refractivity contribution in [2.45, 2.75) is 6.54 Å². The lowest BCUT2D eigenvalue weighted by Crippen LogP contribution is -2.10. The molecule has 0 amide bonds. The van der Waals surface area contributed by atoms with Crippen molar-refractivity contribution in [2.24, 2.45) is 0 Å². The first-order chi connectivity index (χ1) is 7.81. The molecule has 1 aromatic heterocycles. The Morgan fingerprint density at radius 3 is 2.94 bits per heavy atom. The second-order valence-electron chi connectivity index (χ2n) is 3.01. The third-order valence-electron chi connectivity index (χ3n) is 1.94. The molecular formula is C10H10BrN3O2. The van der Waals surface area contributed by atoms with E-state index in [1.54, 1.807) is 0 Å². The maximum atomic E-state index is 5.46. The van der Waals surface area contributed by atoms with Crippen molar-refractivity contribution in [2.75, 3.05) is 7.11 Å². The summed E-state index contributed by atoms with van der Waals surface area (Å²) in [7, 11) is 1.53. The number of aromatic nitrogens is 2. The van der Waals surface area contributed by atoms with Crippen LogP contribution in [-0.2, 0) is 11.4 Å². The van der Waals surface area contributed by atoms with Gasteiger partial charge in [-0.25, -0.2) is 0 Å². The van der Waals surface area contributed by atoms with E-state index in [1.165, 1.54) is 7.11 Å². The van der Waals surface area contributed by atoms with Crippen LogP contribution in [0, 0.1) is 0 Å². The molecule has 0 unspecified atom stereocenters. The zero-order valence-corrected chi connectivity index (χ0v) is 10.2. The highest BCUT2D eigenvalue weighted by molar-refractivity contribution is 9.10. The first kappa shape index (κ1) is 11.3. The Labute approximate surface area is 101 Å². The molecule has 1 heterocycles. The van der Waals surface area contributed by atoms with Gasteiger partial charge in [-0.05, 0) is 28.1 Å². The minimum Gasteiger partial charge on any atom is -0.419 e. The monoisotopic (exact) mass is 283 g/mol. The molecule has 5 nitrogen and oxygen atoms in total. The molecule has 0 fully saturated rings. The number of rotatable bonds is 4. The van der Waals surface area contributed by atoms with Gasteiger partial charge in [0, 0.05) is 4.47 Å². The van der Waals surface area contributed by atoms with E-state index in [9.17, 15) is 0 Å². The molecule has 6 heteroatoms. The average Bonchev–Trinajstić information content (AvgIpc) is 2.75. The Hall–Kier alpha value is -1.24. The van der Waals surface area contributed by atoms with E-state index >= 15 is 0 Å². The molecule has 2 aromatic rings. The van der Waals surface area contributed by atoms with Gasteiger partial charge in [0.05, 0.1) is 19.2 Å². The molecule has 84 valence electrons. The van der Waals surface area contributed by atoms with Crippen LogP contribution in [0.3, 0.4) is 0 Å². The summed E-state index contributed by atoms with van der Waals surface area (Å²) < 4.78 is 6.38. The summed E-state index contributed by atoms with van der Waals surface area (Å²) in [5.41, 5.74) is 3.51. The minimum absolute atomic E-state index is 0.383. The van der Waals surface area contributed by atoms with Crippen molar-refractivity contribution in [3.05, 3.63) is 34.6 Å². The Kier molecular flexibility index (Phi) is 3.66. The fourth-order valence-corrected chi connectivity index (χ4v) is 1.66. The first-order valence-electron chi connectivity index (χ1n) is 4.64. The van der Waals surface area contributed by atoms with E-state index in [-0.39, 0.29) is 0 Å². The van der Waals surface area contributed by atoms with Crippen LogP contribution in [0.5, 0.6) is 0 Å². The maximum Gasteiger partial charge on any atom is 0.248 e. The van der Waals surface area contributed by atoms with E-state index in [4.69, 9.17) is 9.25 Å². The summed E-state index contributed by atoms with van der Waals surface area (Å²) in [4.78, 5) is 4.70. The van der Waals surface area contributed by atoms with Gasteiger partial charge in [0.15, 0.2) is 0 Å². The van der Waals surface area contributed by atoms with Crippen molar-refractivity contribution < 1.29 is 9.25 Å². The Morgan fingerprint density at radius 2 is 2.19 bits per heavy atom. The lowest BCUT2D eigenvalue weighted by Gasteiger charge is -1.97. The number of hydrogen-bond donors (Lipinski definition) is 1. The summed E-state index contributed by atoms with van der Waals surface area (Å²) in [6, 6.07) is 7.67. The molecule has 1 N–H and O–H groups in total. The largest absolute Gasteiger partial charge is 0.419 e. The quantitative estimate of drug-likeness (QED) is 0.872. The number of halogens is 1. The Balaban J connectivity index is 2.22. The first-order valence-corrected chi connectivity index (χ1v) is 5.43. The highest BCUT2D eigenvalue weighted by Crippen LogP contribution is 2.26. The van der Waals surface area contributed by atoms with Crippen LogP contribution < -0.4 is 5.48 Å². The zero-order chi connectivity index (χ0) is 11.4. The SMILES string of the molecule is CONCc1nnc(-c2ccccc2Br)o1. The van der Waals surface area contributed by atoms with Gasteiger partial charge in [0.25, 0.3) is 0 Å². The molecular weight excluding hydrogens is 274 g/mol. The molecule has 16 heavy (non-hydrogen) atoms. The highest BCUT2D eigenvalue weighted by Gasteiger charge is 2.10. The predicted octanol–water partition coefficient (Wildman–Crippen LogP) is 2.15. The molecule has 0 aliphatic rings. The Bertz CT molecular complexity index is 473. The third kappa shape index (κ3) is 2.46. The molecule has 0 radical (unpaired) electrons. The minimum atomic E-state index is 0.383.